The first-order valence-corrected chi connectivity index (χ1v) is 19.5. The normalized spacial score (nSPS) is 12.2. The van der Waals surface area contributed by atoms with Crippen LogP contribution in [0.25, 0.3) is 22.1 Å². The number of thioether (sulfide) groups is 1. The summed E-state index contributed by atoms with van der Waals surface area (Å²) in [5.41, 5.74) is 6.87. The smallest absolute Gasteiger partial charge is 0.219 e. The number of nitrogens with one attached hydrogen (secondary N) is 1. The van der Waals surface area contributed by atoms with Gasteiger partial charge in [0.05, 0.1) is 18.7 Å². The van der Waals surface area contributed by atoms with Gasteiger partial charge in [-0.05, 0) is 86.1 Å². The Kier molecular flexibility index (Phi) is 12.8. The van der Waals surface area contributed by atoms with Crippen molar-refractivity contribution >= 4 is 39.7 Å². The highest BCUT2D eigenvalue weighted by Crippen LogP contribution is 2.38. The molecule has 0 aliphatic heterocycles. The number of fused-ring (bicyclic) bond motifs is 3. The van der Waals surface area contributed by atoms with Crippen LogP contribution in [-0.4, -0.2) is 44.6 Å². The molecule has 0 radical (unpaired) electrons. The summed E-state index contributed by atoms with van der Waals surface area (Å²) in [6, 6.07) is 19.7. The van der Waals surface area contributed by atoms with E-state index in [0.717, 1.165) is 66.5 Å². The van der Waals surface area contributed by atoms with Crippen molar-refractivity contribution in [3.05, 3.63) is 88.7 Å². The van der Waals surface area contributed by atoms with Gasteiger partial charge < -0.3 is 14.6 Å². The molecule has 2 heterocycles. The third-order valence-electron chi connectivity index (χ3n) is 10.3. The molecule has 1 amide bonds. The summed E-state index contributed by atoms with van der Waals surface area (Å²) >= 11 is 1.53. The summed E-state index contributed by atoms with van der Waals surface area (Å²) in [5, 5.41) is 13.6. The van der Waals surface area contributed by atoms with Crippen molar-refractivity contribution in [1.29, 1.82) is 0 Å². The van der Waals surface area contributed by atoms with Gasteiger partial charge in [-0.1, -0.05) is 95.3 Å². The van der Waals surface area contributed by atoms with Gasteiger partial charge in [0.2, 0.25) is 11.1 Å². The quantitative estimate of drug-likeness (QED) is 0.0720. The molecule has 0 fully saturated rings. The fraction of sp³-hybridized carbons (Fsp3) is 0.476. The molecule has 0 unspecified atom stereocenters. The molecule has 272 valence electrons. The third kappa shape index (κ3) is 9.47. The summed E-state index contributed by atoms with van der Waals surface area (Å²) in [4.78, 5) is 17.4. The van der Waals surface area contributed by atoms with E-state index in [4.69, 9.17) is 9.72 Å². The molecule has 7 nitrogen and oxygen atoms in total. The summed E-state index contributed by atoms with van der Waals surface area (Å²) in [5.74, 6) is 1.58. The second-order valence-electron chi connectivity index (χ2n) is 14.9. The first-order chi connectivity index (χ1) is 24.4. The number of carbonyl (C=O) groups excluding carboxylic acids is 1. The Hall–Kier alpha value is -3.98. The van der Waals surface area contributed by atoms with E-state index in [1.807, 2.05) is 29.7 Å². The standard InChI is InChI=1S/C42H54FN5O2S/c1-8-41(4,5)31-20-22-36(33(27-31)42(6,7)9-2)50-24-14-13-23-44-37(49)18-12-15-25-51-40-45-39-38(46-47-40)32-26-29(3)19-21-35(32)48(39)28-30-16-10-11-17-34(30)43/h10-11,16-17,19-22,26-27H,8-9,12-15,18,23-25,28H2,1-7H3,(H,44,49). The third-order valence-corrected chi connectivity index (χ3v) is 11.3. The summed E-state index contributed by atoms with van der Waals surface area (Å²) < 4.78 is 22.9. The number of aryl methyl sites for hydroxylation is 1. The van der Waals surface area contributed by atoms with Crippen LogP contribution in [0.3, 0.4) is 0 Å². The molecule has 0 saturated heterocycles. The maximum atomic E-state index is 14.6. The Balaban J connectivity index is 1.05. The van der Waals surface area contributed by atoms with Crippen molar-refractivity contribution in [3.63, 3.8) is 0 Å². The molecular formula is C42H54FN5O2S. The van der Waals surface area contributed by atoms with Crippen LogP contribution in [0.4, 0.5) is 4.39 Å². The molecular weight excluding hydrogens is 658 g/mol. The first-order valence-electron chi connectivity index (χ1n) is 18.5. The zero-order valence-electron chi connectivity index (χ0n) is 31.4. The summed E-state index contributed by atoms with van der Waals surface area (Å²) in [7, 11) is 0. The number of halogens is 1. The topological polar surface area (TPSA) is 81.9 Å². The largest absolute Gasteiger partial charge is 0.493 e. The molecule has 0 bridgehead atoms. The van der Waals surface area contributed by atoms with Gasteiger partial charge >= 0.3 is 0 Å². The lowest BCUT2D eigenvalue weighted by molar-refractivity contribution is -0.121. The predicted octanol–water partition coefficient (Wildman–Crippen LogP) is 10.1. The van der Waals surface area contributed by atoms with Gasteiger partial charge in [0.1, 0.15) is 17.1 Å². The van der Waals surface area contributed by atoms with E-state index in [9.17, 15) is 9.18 Å². The van der Waals surface area contributed by atoms with Crippen molar-refractivity contribution in [2.75, 3.05) is 18.9 Å². The van der Waals surface area contributed by atoms with Crippen molar-refractivity contribution in [2.24, 2.45) is 0 Å². The number of rotatable bonds is 18. The molecule has 9 heteroatoms. The summed E-state index contributed by atoms with van der Waals surface area (Å²) in [6.07, 6.45) is 6.00. The first kappa shape index (κ1) is 38.3. The Morgan fingerprint density at radius 3 is 2.47 bits per heavy atom. The van der Waals surface area contributed by atoms with Crippen LogP contribution in [0, 0.1) is 12.7 Å². The van der Waals surface area contributed by atoms with Gasteiger partial charge in [0.15, 0.2) is 5.65 Å². The summed E-state index contributed by atoms with van der Waals surface area (Å²) in [6.45, 7) is 17.3. The van der Waals surface area contributed by atoms with Crippen LogP contribution in [0.1, 0.15) is 109 Å². The lowest BCUT2D eigenvalue weighted by atomic mass is 9.76. The molecule has 0 saturated carbocycles. The minimum Gasteiger partial charge on any atom is -0.493 e. The predicted molar refractivity (Wildman–Crippen MR) is 208 cm³/mol. The number of unbranched alkanes of at least 4 members (excludes halogenated alkanes) is 2. The number of carbonyl (C=O) groups is 1. The van der Waals surface area contributed by atoms with Crippen LogP contribution >= 0.6 is 11.8 Å². The zero-order chi connectivity index (χ0) is 36.6. The highest BCUT2D eigenvalue weighted by atomic mass is 32.2. The average molecular weight is 712 g/mol. The minimum atomic E-state index is -0.243. The molecule has 1 N–H and O–H groups in total. The Morgan fingerprint density at radius 2 is 1.71 bits per heavy atom. The lowest BCUT2D eigenvalue weighted by Crippen LogP contribution is -2.24. The lowest BCUT2D eigenvalue weighted by Gasteiger charge is -2.30. The van der Waals surface area contributed by atoms with E-state index < -0.39 is 0 Å². The number of nitrogens with zero attached hydrogens (tertiary/aromatic N) is 4. The molecule has 0 spiro atoms. The molecule has 51 heavy (non-hydrogen) atoms. The van der Waals surface area contributed by atoms with E-state index in [2.05, 4.69) is 81.3 Å². The van der Waals surface area contributed by atoms with Crippen LogP contribution in [0.15, 0.2) is 65.8 Å². The number of aromatic nitrogens is 4. The van der Waals surface area contributed by atoms with Crippen molar-refractivity contribution in [1.82, 2.24) is 25.1 Å². The van der Waals surface area contributed by atoms with Gasteiger partial charge in [-0.3, -0.25) is 4.79 Å². The maximum Gasteiger partial charge on any atom is 0.219 e. The van der Waals surface area contributed by atoms with Gasteiger partial charge in [-0.2, -0.15) is 0 Å². The van der Waals surface area contributed by atoms with E-state index in [1.54, 1.807) is 12.1 Å². The molecule has 0 atom stereocenters. The van der Waals surface area contributed by atoms with E-state index in [-0.39, 0.29) is 22.6 Å². The molecule has 5 aromatic rings. The highest BCUT2D eigenvalue weighted by Gasteiger charge is 2.26. The van der Waals surface area contributed by atoms with Crippen LogP contribution in [-0.2, 0) is 22.2 Å². The molecule has 3 aromatic carbocycles. The van der Waals surface area contributed by atoms with E-state index in [0.29, 0.717) is 48.0 Å². The number of benzene rings is 3. The van der Waals surface area contributed by atoms with Crippen molar-refractivity contribution in [3.8, 4) is 5.75 Å². The highest BCUT2D eigenvalue weighted by molar-refractivity contribution is 7.99. The Morgan fingerprint density at radius 1 is 0.922 bits per heavy atom. The van der Waals surface area contributed by atoms with Crippen LogP contribution < -0.4 is 10.1 Å². The molecule has 0 aliphatic rings. The van der Waals surface area contributed by atoms with Gasteiger partial charge in [-0.25, -0.2) is 9.37 Å². The minimum absolute atomic E-state index is 0.0318. The Bertz CT molecular complexity index is 1950. The zero-order valence-corrected chi connectivity index (χ0v) is 32.3. The number of hydrogen-bond donors (Lipinski definition) is 1. The fourth-order valence-electron chi connectivity index (χ4n) is 6.15. The fourth-order valence-corrected chi connectivity index (χ4v) is 6.93. The van der Waals surface area contributed by atoms with Crippen molar-refractivity contribution in [2.45, 2.75) is 116 Å². The van der Waals surface area contributed by atoms with Crippen LogP contribution in [0.2, 0.25) is 0 Å². The van der Waals surface area contributed by atoms with Gasteiger partial charge in [-0.15, -0.1) is 10.2 Å². The van der Waals surface area contributed by atoms with Crippen molar-refractivity contribution < 1.29 is 13.9 Å². The SMILES string of the molecule is CCC(C)(C)c1ccc(OCCCCNC(=O)CCCCSc2nnc3c4cc(C)ccc4n(Cc4ccccc4F)c3n2)c(C(C)(C)CC)c1. The maximum absolute atomic E-state index is 14.6. The van der Waals surface area contributed by atoms with Gasteiger partial charge in [0, 0.05) is 35.2 Å². The van der Waals surface area contributed by atoms with E-state index in [1.165, 1.54) is 29.0 Å². The number of ether oxygens (including phenoxy) is 1. The second kappa shape index (κ2) is 17.0. The number of amides is 1. The monoisotopic (exact) mass is 711 g/mol. The number of hydrogen-bond acceptors (Lipinski definition) is 6. The molecule has 0 aliphatic carbocycles. The Labute approximate surface area is 307 Å². The van der Waals surface area contributed by atoms with Crippen LogP contribution in [0.5, 0.6) is 5.75 Å². The second-order valence-corrected chi connectivity index (χ2v) is 15.9. The van der Waals surface area contributed by atoms with E-state index >= 15 is 0 Å². The molecule has 2 aromatic heterocycles. The average Bonchev–Trinajstić information content (AvgIpc) is 3.41. The molecule has 5 rings (SSSR count). The van der Waals surface area contributed by atoms with Gasteiger partial charge in [0.25, 0.3) is 0 Å².